The lowest BCUT2D eigenvalue weighted by atomic mass is 10.1. The smallest absolute Gasteiger partial charge is 0.259 e. The molecule has 2 atom stereocenters. The Morgan fingerprint density at radius 3 is 1.52 bits per heavy atom. The van der Waals surface area contributed by atoms with Gasteiger partial charge in [0.2, 0.25) is 0 Å². The molecule has 5 N–H and O–H groups in total. The fourth-order valence-electron chi connectivity index (χ4n) is 3.57. The number of aryl methyl sites for hydroxylation is 2. The van der Waals surface area contributed by atoms with E-state index < -0.39 is 28.8 Å². The van der Waals surface area contributed by atoms with Crippen LogP contribution in [0.1, 0.15) is 32.4 Å². The lowest BCUT2D eigenvalue weighted by Gasteiger charge is -2.22. The molecule has 10 nitrogen and oxygen atoms in total. The molecule has 4 aromatic rings. The maximum Gasteiger partial charge on any atom is 0.259 e. The Labute approximate surface area is 299 Å². The molecule has 2 amide bonds. The zero-order valence-corrected chi connectivity index (χ0v) is 28.7. The number of aromatic hydroxyl groups is 1. The van der Waals surface area contributed by atoms with Gasteiger partial charge in [-0.05, 0) is 112 Å². The number of amides is 2. The number of halogens is 3. The monoisotopic (exact) mass is 752 g/mol. The number of rotatable bonds is 8. The molecule has 0 unspecified atom stereocenters. The Kier molecular flexibility index (Phi) is 16.7. The number of aliphatic hydroxyl groups is 2. The van der Waals surface area contributed by atoms with E-state index in [2.05, 4.69) is 36.3 Å². The Balaban J connectivity index is 0.000000417. The summed E-state index contributed by atoms with van der Waals surface area (Å²) in [6.45, 7) is 19.9. The van der Waals surface area contributed by atoms with Crippen LogP contribution in [0.15, 0.2) is 84.9 Å². The van der Waals surface area contributed by atoms with Crippen LogP contribution in [0.5, 0.6) is 11.5 Å². The molecule has 0 aliphatic rings. The summed E-state index contributed by atoms with van der Waals surface area (Å²) < 4.78 is 30.1. The zero-order valence-electron chi connectivity index (χ0n) is 27.1. The zero-order chi connectivity index (χ0) is 36.8. The molecule has 13 heteroatoms. The number of carbonyl (C=O) groups excluding carboxylic acids is 2. The highest BCUT2D eigenvalue weighted by Gasteiger charge is 2.32. The summed E-state index contributed by atoms with van der Waals surface area (Å²) in [7, 11) is 0. The Morgan fingerprint density at radius 1 is 0.760 bits per heavy atom. The summed E-state index contributed by atoms with van der Waals surface area (Å²) in [6.07, 6.45) is 0. The summed E-state index contributed by atoms with van der Waals surface area (Å²) in [5, 5.41) is 33.9. The SMILES string of the molecule is C.Oc1ccc(F)cc1.[C-]#[N+]c1ccc(NC(=O)[C@@](C)(O)CBr)cc1C.[C-]#[N+]c1ccc(NC(=O)[C@@](C)(O)COc2ccc(F)cc2)cc1C. The van der Waals surface area contributed by atoms with Crippen molar-refractivity contribution in [2.45, 2.75) is 46.3 Å². The van der Waals surface area contributed by atoms with E-state index in [9.17, 15) is 28.6 Å². The highest BCUT2D eigenvalue weighted by molar-refractivity contribution is 9.09. The minimum atomic E-state index is -1.78. The van der Waals surface area contributed by atoms with Gasteiger partial charge in [0, 0.05) is 16.7 Å². The molecule has 0 aliphatic carbocycles. The molecule has 0 aliphatic heterocycles. The van der Waals surface area contributed by atoms with Crippen LogP contribution >= 0.6 is 15.9 Å². The number of benzene rings is 4. The lowest BCUT2D eigenvalue weighted by molar-refractivity contribution is -0.135. The summed E-state index contributed by atoms with van der Waals surface area (Å²) in [5.74, 6) is -1.41. The molecule has 0 aromatic heterocycles. The van der Waals surface area contributed by atoms with Crippen molar-refractivity contribution in [1.82, 2.24) is 0 Å². The van der Waals surface area contributed by atoms with Gasteiger partial charge in [0.1, 0.15) is 35.3 Å². The molecule has 0 saturated heterocycles. The van der Waals surface area contributed by atoms with Crippen LogP contribution in [-0.2, 0) is 9.59 Å². The molecule has 50 heavy (non-hydrogen) atoms. The summed E-state index contributed by atoms with van der Waals surface area (Å²) >= 11 is 3.07. The van der Waals surface area contributed by atoms with Crippen LogP contribution in [0.4, 0.5) is 31.5 Å². The first kappa shape index (κ1) is 42.7. The third kappa shape index (κ3) is 13.6. The van der Waals surface area contributed by atoms with Crippen LogP contribution in [0.3, 0.4) is 0 Å². The van der Waals surface area contributed by atoms with Crippen LogP contribution < -0.4 is 15.4 Å². The van der Waals surface area contributed by atoms with Crippen molar-refractivity contribution in [3.63, 3.8) is 0 Å². The number of carbonyl (C=O) groups is 2. The number of nitrogens with zero attached hydrogens (tertiary/aromatic N) is 2. The number of phenols is 1. The van der Waals surface area contributed by atoms with Gasteiger partial charge < -0.3 is 30.7 Å². The van der Waals surface area contributed by atoms with Crippen molar-refractivity contribution in [2.75, 3.05) is 22.6 Å². The van der Waals surface area contributed by atoms with E-state index in [0.29, 0.717) is 28.5 Å². The van der Waals surface area contributed by atoms with Gasteiger partial charge >= 0.3 is 0 Å². The van der Waals surface area contributed by atoms with E-state index in [-0.39, 0.29) is 30.9 Å². The van der Waals surface area contributed by atoms with E-state index in [1.54, 1.807) is 50.2 Å². The van der Waals surface area contributed by atoms with Crippen molar-refractivity contribution >= 4 is 50.5 Å². The maximum atomic E-state index is 12.8. The summed E-state index contributed by atoms with van der Waals surface area (Å²) in [5.41, 5.74) is 0.386. The van der Waals surface area contributed by atoms with Gasteiger partial charge in [-0.25, -0.2) is 18.5 Å². The second kappa shape index (κ2) is 19.6. The summed E-state index contributed by atoms with van der Waals surface area (Å²) in [6, 6.07) is 20.1. The first-order chi connectivity index (χ1) is 23.0. The van der Waals surface area contributed by atoms with Gasteiger partial charge in [0.15, 0.2) is 17.0 Å². The molecular formula is C37H39BrF2N4O6. The van der Waals surface area contributed by atoms with Crippen molar-refractivity contribution in [2.24, 2.45) is 0 Å². The van der Waals surface area contributed by atoms with E-state index >= 15 is 0 Å². The third-order valence-corrected chi connectivity index (χ3v) is 7.64. The van der Waals surface area contributed by atoms with Crippen LogP contribution in [0.25, 0.3) is 9.69 Å². The standard InChI is InChI=1S/C18H17FN2O3.C12H13BrN2O2.C6H5FO.CH4/c1-12-10-14(6-9-16(12)20-3)21-17(22)18(2,23)11-24-15-7-4-13(19)5-8-15;1-8-6-9(4-5-10(8)14-3)15-11(16)12(2,17)7-13;7-5-1-3-6(8)4-2-5;/h4-10,23H,11H2,1-2H3,(H,21,22);4-6,17H,7H2,1-2H3,(H,15,16);1-4,8H;1H4/t18-;12-;;/m00../s1. The molecule has 264 valence electrons. The predicted octanol–water partition coefficient (Wildman–Crippen LogP) is 8.25. The molecule has 4 aromatic carbocycles. The number of ether oxygens (including phenoxy) is 1. The lowest BCUT2D eigenvalue weighted by Crippen LogP contribution is -2.45. The molecule has 0 bridgehead atoms. The van der Waals surface area contributed by atoms with E-state index in [1.807, 2.05) is 0 Å². The summed E-state index contributed by atoms with van der Waals surface area (Å²) in [4.78, 5) is 30.6. The highest BCUT2D eigenvalue weighted by Crippen LogP contribution is 2.24. The average Bonchev–Trinajstić information content (AvgIpc) is 3.06. The Morgan fingerprint density at radius 2 is 1.16 bits per heavy atom. The highest BCUT2D eigenvalue weighted by atomic mass is 79.9. The molecule has 0 spiro atoms. The molecule has 0 saturated carbocycles. The van der Waals surface area contributed by atoms with Gasteiger partial charge in [-0.15, -0.1) is 0 Å². The van der Waals surface area contributed by atoms with Crippen LogP contribution in [0, 0.1) is 38.6 Å². The van der Waals surface area contributed by atoms with Crippen molar-refractivity contribution in [1.29, 1.82) is 0 Å². The minimum absolute atomic E-state index is 0. The van der Waals surface area contributed by atoms with Crippen molar-refractivity contribution in [3.8, 4) is 11.5 Å². The number of hydrogen-bond donors (Lipinski definition) is 5. The fourth-order valence-corrected chi connectivity index (χ4v) is 3.83. The van der Waals surface area contributed by atoms with Gasteiger partial charge in [-0.1, -0.05) is 35.5 Å². The third-order valence-electron chi connectivity index (χ3n) is 6.55. The first-order valence-electron chi connectivity index (χ1n) is 14.4. The topological polar surface area (TPSA) is 137 Å². The maximum absolute atomic E-state index is 12.8. The van der Waals surface area contributed by atoms with Crippen molar-refractivity contribution < 1.29 is 38.4 Å². The normalized spacial score (nSPS) is 12.2. The number of hydrogen-bond acceptors (Lipinski definition) is 6. The first-order valence-corrected chi connectivity index (χ1v) is 15.6. The predicted molar refractivity (Wildman–Crippen MR) is 194 cm³/mol. The van der Waals surface area contributed by atoms with E-state index in [1.165, 1.54) is 62.4 Å². The van der Waals surface area contributed by atoms with E-state index in [4.69, 9.17) is 23.0 Å². The van der Waals surface area contributed by atoms with Crippen molar-refractivity contribution in [3.05, 3.63) is 131 Å². The number of nitrogens with one attached hydrogen (secondary N) is 2. The fraction of sp³-hybridized carbons (Fsp3) is 0.243. The molecule has 0 fully saturated rings. The largest absolute Gasteiger partial charge is 0.508 e. The van der Waals surface area contributed by atoms with Crippen LogP contribution in [-0.4, -0.2) is 50.3 Å². The molecule has 0 heterocycles. The number of anilines is 2. The second-order valence-corrected chi connectivity index (χ2v) is 11.6. The Hall–Kier alpha value is -5.34. The minimum Gasteiger partial charge on any atom is -0.508 e. The van der Waals surface area contributed by atoms with Gasteiger partial charge in [-0.2, -0.15) is 0 Å². The average molecular weight is 754 g/mol. The quantitative estimate of drug-likeness (QED) is 0.0909. The van der Waals surface area contributed by atoms with Gasteiger partial charge in [0.05, 0.1) is 13.1 Å². The molecule has 0 radical (unpaired) electrons. The van der Waals surface area contributed by atoms with Gasteiger partial charge in [0.25, 0.3) is 11.8 Å². The number of alkyl halides is 1. The van der Waals surface area contributed by atoms with Crippen LogP contribution in [0.2, 0.25) is 0 Å². The van der Waals surface area contributed by atoms with Gasteiger partial charge in [-0.3, -0.25) is 9.59 Å². The second-order valence-electron chi connectivity index (χ2n) is 11.0. The molecule has 4 rings (SSSR count). The molecular weight excluding hydrogens is 714 g/mol. The Bertz CT molecular complexity index is 1800. The van der Waals surface area contributed by atoms with E-state index in [0.717, 1.165) is 11.1 Å². The number of phenolic OH excluding ortho intramolecular Hbond substituents is 1.